The zero-order valence-electron chi connectivity index (χ0n) is 12.0. The maximum absolute atomic E-state index is 8.94. The number of benzene rings is 2. The molecule has 4 nitrogen and oxygen atoms in total. The summed E-state index contributed by atoms with van der Waals surface area (Å²) >= 11 is 0. The average molecular weight is 296 g/mol. The Labute approximate surface area is 127 Å². The van der Waals surface area contributed by atoms with E-state index in [1.807, 2.05) is 36.4 Å². The number of hydrogen-bond donors (Lipinski definition) is 1. The summed E-state index contributed by atoms with van der Waals surface area (Å²) in [6.45, 7) is 0.449. The van der Waals surface area contributed by atoms with Gasteiger partial charge in [-0.05, 0) is 48.7 Å². The molecule has 4 rings (SSSR count). The van der Waals surface area contributed by atoms with E-state index in [4.69, 9.17) is 19.0 Å². The van der Waals surface area contributed by atoms with Crippen LogP contribution in [0.1, 0.15) is 12.0 Å². The Balaban J connectivity index is 1.73. The highest BCUT2D eigenvalue weighted by Gasteiger charge is 2.16. The molecular weight excluding hydrogens is 280 g/mol. The fraction of sp³-hybridized carbons (Fsp3) is 0.222. The number of aliphatic hydroxyl groups is 1. The van der Waals surface area contributed by atoms with Crippen molar-refractivity contribution in [2.45, 2.75) is 12.8 Å². The summed E-state index contributed by atoms with van der Waals surface area (Å²) in [6, 6.07) is 13.9. The fourth-order valence-corrected chi connectivity index (χ4v) is 2.74. The highest BCUT2D eigenvalue weighted by Crippen LogP contribution is 2.38. The molecule has 2 bridgehead atoms. The summed E-state index contributed by atoms with van der Waals surface area (Å²) in [5.41, 5.74) is 2.99. The van der Waals surface area contributed by atoms with Crippen LogP contribution in [-0.2, 0) is 6.42 Å². The lowest BCUT2D eigenvalue weighted by Gasteiger charge is -2.17. The van der Waals surface area contributed by atoms with E-state index >= 15 is 0 Å². The quantitative estimate of drug-likeness (QED) is 0.796. The van der Waals surface area contributed by atoms with Gasteiger partial charge in [-0.3, -0.25) is 0 Å². The molecular formula is C18H16O4. The van der Waals surface area contributed by atoms with Crippen molar-refractivity contribution in [2.24, 2.45) is 0 Å². The molecule has 1 aliphatic heterocycles. The molecule has 3 aromatic rings. The van der Waals surface area contributed by atoms with Crippen molar-refractivity contribution in [3.8, 4) is 22.8 Å². The number of furan rings is 1. The monoisotopic (exact) mass is 296 g/mol. The first-order chi connectivity index (χ1) is 10.8. The van der Waals surface area contributed by atoms with E-state index in [1.54, 1.807) is 0 Å². The minimum Gasteiger partial charge on any atom is -0.457 e. The van der Waals surface area contributed by atoms with Gasteiger partial charge in [-0.15, -0.1) is 0 Å². The maximum Gasteiger partial charge on any atom is 0.230 e. The second-order valence-corrected chi connectivity index (χ2v) is 5.37. The van der Waals surface area contributed by atoms with Crippen molar-refractivity contribution in [3.63, 3.8) is 0 Å². The highest BCUT2D eigenvalue weighted by molar-refractivity contribution is 5.84. The number of rotatable bonds is 4. The number of fused-ring (bicyclic) bond motifs is 3. The highest BCUT2D eigenvalue weighted by atomic mass is 16.7. The molecule has 2 aromatic carbocycles. The molecule has 1 aromatic heterocycles. The van der Waals surface area contributed by atoms with E-state index in [2.05, 4.69) is 6.07 Å². The number of aryl methyl sites for hydroxylation is 1. The molecule has 0 spiro atoms. The van der Waals surface area contributed by atoms with Crippen molar-refractivity contribution < 1.29 is 19.0 Å². The Hall–Kier alpha value is -2.46. The van der Waals surface area contributed by atoms with E-state index in [0.717, 1.165) is 46.6 Å². The summed E-state index contributed by atoms with van der Waals surface area (Å²) in [7, 11) is 0. The first-order valence-corrected chi connectivity index (χ1v) is 7.37. The molecule has 0 fully saturated rings. The summed E-state index contributed by atoms with van der Waals surface area (Å²) < 4.78 is 16.8. The molecule has 0 saturated carbocycles. The normalized spacial score (nSPS) is 13.0. The Kier molecular flexibility index (Phi) is 3.24. The lowest BCUT2D eigenvalue weighted by atomic mass is 10.1. The lowest BCUT2D eigenvalue weighted by Crippen LogP contribution is -2.10. The molecule has 2 heterocycles. The maximum atomic E-state index is 8.94. The van der Waals surface area contributed by atoms with Gasteiger partial charge < -0.3 is 19.0 Å². The standard InChI is InChI=1S/C18H16O4/c19-7-1-2-12-3-6-16-13(8-12)9-18(22-16)15-5-4-14-10-17(15)21-11-20-14/h3-6,8-10,19H,1-2,7,11H2. The smallest absolute Gasteiger partial charge is 0.230 e. The fourth-order valence-electron chi connectivity index (χ4n) is 2.74. The van der Waals surface area contributed by atoms with Crippen molar-refractivity contribution in [2.75, 3.05) is 13.4 Å². The van der Waals surface area contributed by atoms with Crippen LogP contribution in [-0.4, -0.2) is 18.5 Å². The summed E-state index contributed by atoms with van der Waals surface area (Å²) in [5.74, 6) is 2.38. The Morgan fingerprint density at radius 1 is 1.00 bits per heavy atom. The molecule has 0 unspecified atom stereocenters. The third kappa shape index (κ3) is 2.31. The molecule has 112 valence electrons. The number of aliphatic hydroxyl groups excluding tert-OH is 1. The van der Waals surface area contributed by atoms with Crippen molar-refractivity contribution >= 4 is 11.0 Å². The largest absolute Gasteiger partial charge is 0.457 e. The molecule has 0 amide bonds. The second kappa shape index (κ2) is 5.39. The molecule has 1 aliphatic rings. The average Bonchev–Trinajstić information content (AvgIpc) is 2.96. The van der Waals surface area contributed by atoms with E-state index in [-0.39, 0.29) is 13.4 Å². The minimum atomic E-state index is 0.212. The first-order valence-electron chi connectivity index (χ1n) is 7.37. The van der Waals surface area contributed by atoms with Gasteiger partial charge in [0, 0.05) is 18.1 Å². The van der Waals surface area contributed by atoms with Gasteiger partial charge in [0.25, 0.3) is 0 Å². The summed E-state index contributed by atoms with van der Waals surface area (Å²) in [6.07, 6.45) is 1.64. The summed E-state index contributed by atoms with van der Waals surface area (Å²) in [5, 5.41) is 10.0. The zero-order valence-corrected chi connectivity index (χ0v) is 12.0. The Morgan fingerprint density at radius 3 is 2.86 bits per heavy atom. The van der Waals surface area contributed by atoms with E-state index < -0.39 is 0 Å². The van der Waals surface area contributed by atoms with Gasteiger partial charge in [-0.2, -0.15) is 0 Å². The van der Waals surface area contributed by atoms with Crippen LogP contribution in [0, 0.1) is 0 Å². The van der Waals surface area contributed by atoms with Crippen molar-refractivity contribution in [1.29, 1.82) is 0 Å². The molecule has 4 heteroatoms. The van der Waals surface area contributed by atoms with Crippen LogP contribution in [0.2, 0.25) is 0 Å². The third-order valence-electron chi connectivity index (χ3n) is 3.86. The van der Waals surface area contributed by atoms with Gasteiger partial charge in [-0.25, -0.2) is 0 Å². The molecule has 0 saturated heterocycles. The van der Waals surface area contributed by atoms with E-state index in [9.17, 15) is 0 Å². The van der Waals surface area contributed by atoms with Crippen LogP contribution >= 0.6 is 0 Å². The molecule has 22 heavy (non-hydrogen) atoms. The van der Waals surface area contributed by atoms with E-state index in [1.165, 1.54) is 5.56 Å². The van der Waals surface area contributed by atoms with Crippen molar-refractivity contribution in [3.05, 3.63) is 48.0 Å². The zero-order chi connectivity index (χ0) is 14.9. The second-order valence-electron chi connectivity index (χ2n) is 5.37. The number of ether oxygens (including phenoxy) is 2. The molecule has 1 N–H and O–H groups in total. The predicted octanol–water partition coefficient (Wildman–Crippen LogP) is 3.75. The van der Waals surface area contributed by atoms with Crippen LogP contribution < -0.4 is 9.47 Å². The Bertz CT molecular complexity index is 819. The van der Waals surface area contributed by atoms with Gasteiger partial charge in [0.05, 0.1) is 5.56 Å². The Morgan fingerprint density at radius 2 is 1.95 bits per heavy atom. The van der Waals surface area contributed by atoms with Crippen LogP contribution in [0.15, 0.2) is 46.9 Å². The van der Waals surface area contributed by atoms with Gasteiger partial charge in [0.2, 0.25) is 6.79 Å². The van der Waals surface area contributed by atoms with Gasteiger partial charge >= 0.3 is 0 Å². The minimum absolute atomic E-state index is 0.212. The van der Waals surface area contributed by atoms with Crippen molar-refractivity contribution in [1.82, 2.24) is 0 Å². The van der Waals surface area contributed by atoms with Crippen LogP contribution in [0.25, 0.3) is 22.3 Å². The molecule has 0 radical (unpaired) electrons. The lowest BCUT2D eigenvalue weighted by molar-refractivity contribution is 0.106. The predicted molar refractivity (Wildman–Crippen MR) is 83.2 cm³/mol. The van der Waals surface area contributed by atoms with Crippen LogP contribution in [0.3, 0.4) is 0 Å². The third-order valence-corrected chi connectivity index (χ3v) is 3.86. The van der Waals surface area contributed by atoms with Gasteiger partial charge in [0.1, 0.15) is 22.8 Å². The van der Waals surface area contributed by atoms with Crippen LogP contribution in [0.5, 0.6) is 11.5 Å². The van der Waals surface area contributed by atoms with E-state index in [0.29, 0.717) is 0 Å². The SMILES string of the molecule is OCCCc1ccc2oc(-c3ccc4cc3OCO4)cc2c1. The summed E-state index contributed by atoms with van der Waals surface area (Å²) in [4.78, 5) is 0. The topological polar surface area (TPSA) is 51.8 Å². The number of hydrogen-bond acceptors (Lipinski definition) is 4. The van der Waals surface area contributed by atoms with Crippen LogP contribution in [0.4, 0.5) is 0 Å². The first kappa shape index (κ1) is 13.2. The van der Waals surface area contributed by atoms with Gasteiger partial charge in [-0.1, -0.05) is 6.07 Å². The van der Waals surface area contributed by atoms with Gasteiger partial charge in [0.15, 0.2) is 0 Å². The molecule has 0 atom stereocenters. The molecule has 0 aliphatic carbocycles.